The predicted molar refractivity (Wildman–Crippen MR) is 100 cm³/mol. The second-order valence-corrected chi connectivity index (χ2v) is 6.99. The van der Waals surface area contributed by atoms with Crippen LogP contribution < -0.4 is 0 Å². The molecule has 2 aromatic carbocycles. The van der Waals surface area contributed by atoms with Crippen LogP contribution in [0.1, 0.15) is 0 Å². The van der Waals surface area contributed by atoms with Crippen molar-refractivity contribution in [2.75, 3.05) is 0 Å². The Morgan fingerprint density at radius 3 is 2.00 bits per heavy atom. The number of halogens is 2. The van der Waals surface area contributed by atoms with Gasteiger partial charge in [-0.1, -0.05) is 56.1 Å². The average molecular weight is 429 g/mol. The van der Waals surface area contributed by atoms with Gasteiger partial charge in [-0.2, -0.15) is 0 Å². The molecule has 2 heterocycles. The topological polar surface area (TPSA) is 41.6 Å². The third kappa shape index (κ3) is 2.71. The highest BCUT2D eigenvalue weighted by molar-refractivity contribution is 9.10. The summed E-state index contributed by atoms with van der Waals surface area (Å²) in [5.41, 5.74) is 5.97. The summed E-state index contributed by atoms with van der Waals surface area (Å²) < 4.78 is 2.10. The van der Waals surface area contributed by atoms with Gasteiger partial charge >= 0.3 is 0 Å². The number of benzene rings is 2. The molecule has 0 amide bonds. The van der Waals surface area contributed by atoms with Gasteiger partial charge in [-0.25, -0.2) is 4.98 Å². The molecule has 1 N–H and O–H groups in total. The van der Waals surface area contributed by atoms with Crippen molar-refractivity contribution in [1.29, 1.82) is 0 Å². The fourth-order valence-corrected chi connectivity index (χ4v) is 3.13. The van der Waals surface area contributed by atoms with Crippen LogP contribution in [0.4, 0.5) is 0 Å². The lowest BCUT2D eigenvalue weighted by atomic mass is 10.0. The lowest BCUT2D eigenvalue weighted by Crippen LogP contribution is -1.89. The number of nitrogens with one attached hydrogen (secondary N) is 1. The van der Waals surface area contributed by atoms with Crippen LogP contribution in [0.2, 0.25) is 0 Å². The molecule has 0 bridgehead atoms. The molecule has 23 heavy (non-hydrogen) atoms. The number of fused-ring (bicyclic) bond motifs is 1. The average Bonchev–Trinajstić information content (AvgIpc) is 3.05. The van der Waals surface area contributed by atoms with E-state index in [9.17, 15) is 0 Å². The third-order valence-electron chi connectivity index (χ3n) is 3.73. The van der Waals surface area contributed by atoms with Crippen LogP contribution in [0.15, 0.2) is 70.0 Å². The van der Waals surface area contributed by atoms with Crippen molar-refractivity contribution >= 4 is 42.9 Å². The number of rotatable bonds is 2. The molecular formula is C18H11Br2N3. The Morgan fingerprint density at radius 2 is 1.35 bits per heavy atom. The number of hydrogen-bond acceptors (Lipinski definition) is 2. The van der Waals surface area contributed by atoms with Crippen LogP contribution in [-0.4, -0.2) is 15.0 Å². The van der Waals surface area contributed by atoms with E-state index in [0.29, 0.717) is 0 Å². The number of imidazole rings is 1. The second kappa shape index (κ2) is 5.91. The summed E-state index contributed by atoms with van der Waals surface area (Å²) in [6.07, 6.45) is 3.61. The Hall–Kier alpha value is -1.98. The number of aromatic amines is 1. The zero-order valence-electron chi connectivity index (χ0n) is 11.9. The van der Waals surface area contributed by atoms with E-state index >= 15 is 0 Å². The molecule has 3 nitrogen and oxygen atoms in total. The maximum absolute atomic E-state index is 4.68. The zero-order valence-corrected chi connectivity index (χ0v) is 15.1. The summed E-state index contributed by atoms with van der Waals surface area (Å²) in [7, 11) is 0. The molecule has 0 fully saturated rings. The Labute approximate surface area is 150 Å². The van der Waals surface area contributed by atoms with Gasteiger partial charge < -0.3 is 4.98 Å². The summed E-state index contributed by atoms with van der Waals surface area (Å²) in [6, 6.07) is 16.3. The summed E-state index contributed by atoms with van der Waals surface area (Å²) >= 11 is 6.93. The SMILES string of the molecule is Brc1ccc(-c2cnc(-c3ccc(Br)cc3)c3[nH]cnc23)cc1. The summed E-state index contributed by atoms with van der Waals surface area (Å²) in [4.78, 5) is 12.4. The van der Waals surface area contributed by atoms with Gasteiger partial charge in [0.05, 0.1) is 23.1 Å². The minimum absolute atomic E-state index is 0.908. The third-order valence-corrected chi connectivity index (χ3v) is 4.78. The maximum atomic E-state index is 4.68. The molecule has 0 unspecified atom stereocenters. The van der Waals surface area contributed by atoms with E-state index in [1.165, 1.54) is 0 Å². The van der Waals surface area contributed by atoms with Crippen molar-refractivity contribution in [3.05, 3.63) is 70.0 Å². The van der Waals surface area contributed by atoms with Crippen molar-refractivity contribution in [1.82, 2.24) is 15.0 Å². The Balaban J connectivity index is 1.91. The Morgan fingerprint density at radius 1 is 0.739 bits per heavy atom. The van der Waals surface area contributed by atoms with Crippen molar-refractivity contribution in [3.8, 4) is 22.4 Å². The molecule has 0 atom stereocenters. The Kier molecular flexibility index (Phi) is 3.75. The summed E-state index contributed by atoms with van der Waals surface area (Å²) in [5.74, 6) is 0. The lowest BCUT2D eigenvalue weighted by molar-refractivity contribution is 1.33. The standard InChI is InChI=1S/C18H11Br2N3/c19-13-5-1-11(2-6-13)15-9-21-16(18-17(15)22-10-23-18)12-3-7-14(20)8-4-12/h1-10H,(H,22,23). The van der Waals surface area contributed by atoms with Crippen molar-refractivity contribution in [2.24, 2.45) is 0 Å². The molecule has 0 aliphatic carbocycles. The van der Waals surface area contributed by atoms with E-state index in [-0.39, 0.29) is 0 Å². The van der Waals surface area contributed by atoms with E-state index in [2.05, 4.69) is 58.9 Å². The first-order valence-corrected chi connectivity index (χ1v) is 8.65. The van der Waals surface area contributed by atoms with Gasteiger partial charge in [-0.15, -0.1) is 0 Å². The van der Waals surface area contributed by atoms with Crippen molar-refractivity contribution in [3.63, 3.8) is 0 Å². The van der Waals surface area contributed by atoms with Crippen molar-refractivity contribution < 1.29 is 0 Å². The Bertz CT molecular complexity index is 894. The molecule has 5 heteroatoms. The molecule has 0 spiro atoms. The van der Waals surface area contributed by atoms with E-state index < -0.39 is 0 Å². The fraction of sp³-hybridized carbons (Fsp3) is 0. The highest BCUT2D eigenvalue weighted by Gasteiger charge is 2.13. The van der Waals surface area contributed by atoms with Gasteiger partial charge in [0, 0.05) is 26.3 Å². The first-order chi connectivity index (χ1) is 11.2. The molecule has 0 aliphatic heterocycles. The molecule has 2 aromatic heterocycles. The van der Waals surface area contributed by atoms with E-state index in [4.69, 9.17) is 0 Å². The van der Waals surface area contributed by atoms with E-state index in [1.54, 1.807) is 6.33 Å². The quantitative estimate of drug-likeness (QED) is 0.437. The first-order valence-electron chi connectivity index (χ1n) is 7.06. The monoisotopic (exact) mass is 427 g/mol. The van der Waals surface area contributed by atoms with Crippen LogP contribution >= 0.6 is 31.9 Å². The summed E-state index contributed by atoms with van der Waals surface area (Å²) in [5, 5.41) is 0. The van der Waals surface area contributed by atoms with Crippen LogP contribution in [0.25, 0.3) is 33.4 Å². The fourth-order valence-electron chi connectivity index (χ4n) is 2.60. The van der Waals surface area contributed by atoms with Crippen molar-refractivity contribution in [2.45, 2.75) is 0 Å². The smallest absolute Gasteiger partial charge is 0.0998 e. The van der Waals surface area contributed by atoms with Crippen LogP contribution in [0, 0.1) is 0 Å². The molecule has 0 saturated carbocycles. The number of hydrogen-bond donors (Lipinski definition) is 1. The van der Waals surface area contributed by atoms with Gasteiger partial charge in [0.1, 0.15) is 0 Å². The highest BCUT2D eigenvalue weighted by Crippen LogP contribution is 2.32. The second-order valence-electron chi connectivity index (χ2n) is 5.16. The van der Waals surface area contributed by atoms with Gasteiger partial charge in [0.25, 0.3) is 0 Å². The van der Waals surface area contributed by atoms with Gasteiger partial charge in [0.2, 0.25) is 0 Å². The lowest BCUT2D eigenvalue weighted by Gasteiger charge is -2.07. The maximum Gasteiger partial charge on any atom is 0.0998 e. The number of pyridine rings is 1. The summed E-state index contributed by atoms with van der Waals surface area (Å²) in [6.45, 7) is 0. The molecule has 112 valence electrons. The number of H-pyrrole nitrogens is 1. The van der Waals surface area contributed by atoms with Gasteiger partial charge in [-0.3, -0.25) is 4.98 Å². The van der Waals surface area contributed by atoms with E-state index in [0.717, 1.165) is 42.4 Å². The minimum atomic E-state index is 0.908. The first kappa shape index (κ1) is 14.6. The number of nitrogens with zero attached hydrogens (tertiary/aromatic N) is 2. The minimum Gasteiger partial charge on any atom is -0.343 e. The molecule has 4 aromatic rings. The van der Waals surface area contributed by atoms with Crippen LogP contribution in [0.5, 0.6) is 0 Å². The molecule has 0 saturated heterocycles. The highest BCUT2D eigenvalue weighted by atomic mass is 79.9. The molecule has 0 aliphatic rings. The largest absolute Gasteiger partial charge is 0.343 e. The molecular weight excluding hydrogens is 418 g/mol. The molecule has 0 radical (unpaired) electrons. The van der Waals surface area contributed by atoms with Gasteiger partial charge in [-0.05, 0) is 29.8 Å². The number of aromatic nitrogens is 3. The van der Waals surface area contributed by atoms with Crippen LogP contribution in [-0.2, 0) is 0 Å². The van der Waals surface area contributed by atoms with Crippen LogP contribution in [0.3, 0.4) is 0 Å². The predicted octanol–water partition coefficient (Wildman–Crippen LogP) is 5.82. The zero-order chi connectivity index (χ0) is 15.8. The normalized spacial score (nSPS) is 11.0. The van der Waals surface area contributed by atoms with E-state index in [1.807, 2.05) is 42.6 Å². The van der Waals surface area contributed by atoms with Gasteiger partial charge in [0.15, 0.2) is 0 Å². The molecule has 4 rings (SSSR count).